The van der Waals surface area contributed by atoms with Crippen LogP contribution >= 0.6 is 0 Å². The molecule has 1 aliphatic rings. The minimum Gasteiger partial charge on any atom is -0.467 e. The van der Waals surface area contributed by atoms with Crippen LogP contribution in [0.15, 0.2) is 55.0 Å². The zero-order valence-corrected chi connectivity index (χ0v) is 12.0. The first kappa shape index (κ1) is 14.3. The summed E-state index contributed by atoms with van der Waals surface area (Å²) >= 11 is 0. The Kier molecular flexibility index (Phi) is 3.87. The lowest BCUT2D eigenvalue weighted by molar-refractivity contribution is -0.142. The predicted octanol–water partition coefficient (Wildman–Crippen LogP) is 2.49. The van der Waals surface area contributed by atoms with Crippen molar-refractivity contribution in [3.63, 3.8) is 0 Å². The normalized spacial score (nSPS) is 20.2. The van der Waals surface area contributed by atoms with E-state index in [9.17, 15) is 9.18 Å². The van der Waals surface area contributed by atoms with Gasteiger partial charge >= 0.3 is 5.97 Å². The lowest BCUT2D eigenvalue weighted by Gasteiger charge is -2.21. The van der Waals surface area contributed by atoms with Crippen molar-refractivity contribution in [2.24, 2.45) is 0 Å². The third-order valence-electron chi connectivity index (χ3n) is 3.78. The number of nitrogens with one attached hydrogen (secondary N) is 1. The fourth-order valence-corrected chi connectivity index (χ4v) is 2.72. The summed E-state index contributed by atoms with van der Waals surface area (Å²) in [6, 6.07) is 9.45. The minimum absolute atomic E-state index is 0.207. The second-order valence-electron chi connectivity index (χ2n) is 5.03. The van der Waals surface area contributed by atoms with Crippen LogP contribution in [0.25, 0.3) is 5.57 Å². The first-order chi connectivity index (χ1) is 10.7. The van der Waals surface area contributed by atoms with Crippen molar-refractivity contribution in [3.8, 4) is 0 Å². The van der Waals surface area contributed by atoms with Crippen LogP contribution in [0, 0.1) is 5.82 Å². The molecule has 1 aromatic carbocycles. The SMILES string of the molecule is COC(=O)C1NC=C(c2ccc(F)cc2)C1c1ccncc1. The topological polar surface area (TPSA) is 51.2 Å². The highest BCUT2D eigenvalue weighted by Gasteiger charge is 2.37. The summed E-state index contributed by atoms with van der Waals surface area (Å²) in [4.78, 5) is 16.0. The van der Waals surface area contributed by atoms with E-state index in [1.54, 1.807) is 30.7 Å². The Morgan fingerprint density at radius 3 is 2.50 bits per heavy atom. The van der Waals surface area contributed by atoms with Crippen LogP contribution in [-0.2, 0) is 9.53 Å². The van der Waals surface area contributed by atoms with Crippen LogP contribution in [0.4, 0.5) is 4.39 Å². The average molecular weight is 298 g/mol. The highest BCUT2D eigenvalue weighted by atomic mass is 19.1. The molecule has 2 heterocycles. The van der Waals surface area contributed by atoms with E-state index < -0.39 is 6.04 Å². The molecule has 4 nitrogen and oxygen atoms in total. The maximum atomic E-state index is 13.1. The molecule has 1 aliphatic heterocycles. The number of nitrogens with zero attached hydrogens (tertiary/aromatic N) is 1. The van der Waals surface area contributed by atoms with Gasteiger partial charge in [0.1, 0.15) is 11.9 Å². The van der Waals surface area contributed by atoms with Crippen molar-refractivity contribution >= 4 is 11.5 Å². The summed E-state index contributed by atoms with van der Waals surface area (Å²) < 4.78 is 18.0. The van der Waals surface area contributed by atoms with Gasteiger partial charge in [-0.1, -0.05) is 12.1 Å². The highest BCUT2D eigenvalue weighted by Crippen LogP contribution is 2.38. The number of esters is 1. The van der Waals surface area contributed by atoms with Crippen molar-refractivity contribution < 1.29 is 13.9 Å². The van der Waals surface area contributed by atoms with Gasteiger partial charge in [0.25, 0.3) is 0 Å². The van der Waals surface area contributed by atoms with Crippen molar-refractivity contribution in [1.82, 2.24) is 10.3 Å². The number of carbonyl (C=O) groups is 1. The van der Waals surface area contributed by atoms with Crippen LogP contribution in [-0.4, -0.2) is 24.1 Å². The van der Waals surface area contributed by atoms with Gasteiger partial charge < -0.3 is 10.1 Å². The van der Waals surface area contributed by atoms with E-state index in [2.05, 4.69) is 10.3 Å². The number of carbonyl (C=O) groups excluding carboxylic acids is 1. The van der Waals surface area contributed by atoms with Gasteiger partial charge in [0.05, 0.1) is 7.11 Å². The first-order valence-corrected chi connectivity index (χ1v) is 6.90. The molecule has 112 valence electrons. The summed E-state index contributed by atoms with van der Waals surface area (Å²) in [6.45, 7) is 0. The first-order valence-electron chi connectivity index (χ1n) is 6.90. The smallest absolute Gasteiger partial charge is 0.329 e. The van der Waals surface area contributed by atoms with Crippen molar-refractivity contribution in [2.75, 3.05) is 7.11 Å². The number of aromatic nitrogens is 1. The van der Waals surface area contributed by atoms with Crippen LogP contribution in [0.3, 0.4) is 0 Å². The van der Waals surface area contributed by atoms with Crippen molar-refractivity contribution in [2.45, 2.75) is 12.0 Å². The molecule has 0 spiro atoms. The lowest BCUT2D eigenvalue weighted by Crippen LogP contribution is -2.35. The molecule has 1 aromatic heterocycles. The third kappa shape index (κ3) is 2.57. The lowest BCUT2D eigenvalue weighted by atomic mass is 9.85. The van der Waals surface area contributed by atoms with E-state index in [0.29, 0.717) is 0 Å². The number of rotatable bonds is 3. The fourth-order valence-electron chi connectivity index (χ4n) is 2.72. The Hall–Kier alpha value is -2.69. The minimum atomic E-state index is -0.507. The summed E-state index contributed by atoms with van der Waals surface area (Å²) in [5.74, 6) is -0.837. The maximum Gasteiger partial charge on any atom is 0.329 e. The molecule has 0 bridgehead atoms. The molecule has 0 fully saturated rings. The Morgan fingerprint density at radius 2 is 1.86 bits per heavy atom. The quantitative estimate of drug-likeness (QED) is 0.885. The number of hydrogen-bond acceptors (Lipinski definition) is 4. The summed E-state index contributed by atoms with van der Waals surface area (Å²) in [5.41, 5.74) is 2.73. The Balaban J connectivity index is 2.02. The molecule has 5 heteroatoms. The van der Waals surface area contributed by atoms with Crippen LogP contribution in [0.5, 0.6) is 0 Å². The summed E-state index contributed by atoms with van der Waals surface area (Å²) in [6.07, 6.45) is 5.16. The molecule has 0 amide bonds. The number of hydrogen-bond donors (Lipinski definition) is 1. The maximum absolute atomic E-state index is 13.1. The van der Waals surface area contributed by atoms with Gasteiger partial charge in [0.2, 0.25) is 0 Å². The molecule has 2 atom stereocenters. The van der Waals surface area contributed by atoms with Crippen molar-refractivity contribution in [1.29, 1.82) is 0 Å². The highest BCUT2D eigenvalue weighted by molar-refractivity contribution is 5.86. The standard InChI is InChI=1S/C17H15FN2O2/c1-22-17(21)16-15(12-6-8-19-9-7-12)14(10-20-16)11-2-4-13(18)5-3-11/h2-10,15-16,20H,1H3. The van der Waals surface area contributed by atoms with Crippen molar-refractivity contribution in [3.05, 3.63) is 71.9 Å². The summed E-state index contributed by atoms with van der Waals surface area (Å²) in [5, 5.41) is 3.07. The second-order valence-corrected chi connectivity index (χ2v) is 5.03. The molecule has 2 unspecified atom stereocenters. The third-order valence-corrected chi connectivity index (χ3v) is 3.78. The molecule has 0 radical (unpaired) electrons. The number of pyridine rings is 1. The molecule has 3 rings (SSSR count). The zero-order chi connectivity index (χ0) is 15.5. The van der Waals surface area contributed by atoms with Gasteiger partial charge in [0, 0.05) is 24.5 Å². The van der Waals surface area contributed by atoms with E-state index >= 15 is 0 Å². The number of methoxy groups -OCH3 is 1. The number of benzene rings is 1. The number of halogens is 1. The molecule has 0 saturated carbocycles. The number of ether oxygens (including phenoxy) is 1. The van der Waals surface area contributed by atoms with Crippen LogP contribution in [0.2, 0.25) is 0 Å². The van der Waals surface area contributed by atoms with Gasteiger partial charge in [-0.3, -0.25) is 4.98 Å². The monoisotopic (exact) mass is 298 g/mol. The zero-order valence-electron chi connectivity index (χ0n) is 12.0. The molecule has 0 aliphatic carbocycles. The van der Waals surface area contributed by atoms with Gasteiger partial charge in [-0.05, 0) is 41.0 Å². The average Bonchev–Trinajstić information content (AvgIpc) is 3.00. The van der Waals surface area contributed by atoms with E-state index in [4.69, 9.17) is 4.74 Å². The van der Waals surface area contributed by atoms with Gasteiger partial charge in [-0.15, -0.1) is 0 Å². The van der Waals surface area contributed by atoms with E-state index in [1.807, 2.05) is 12.1 Å². The molecule has 22 heavy (non-hydrogen) atoms. The van der Waals surface area contributed by atoms with Gasteiger partial charge in [-0.2, -0.15) is 0 Å². The summed E-state index contributed by atoms with van der Waals surface area (Å²) in [7, 11) is 1.36. The molecular weight excluding hydrogens is 283 g/mol. The molecule has 2 aromatic rings. The van der Waals surface area contributed by atoms with Gasteiger partial charge in [-0.25, -0.2) is 9.18 Å². The second kappa shape index (κ2) is 5.97. The molecule has 0 saturated heterocycles. The van der Waals surface area contributed by atoms with Gasteiger partial charge in [0.15, 0.2) is 0 Å². The Morgan fingerprint density at radius 1 is 1.18 bits per heavy atom. The predicted molar refractivity (Wildman–Crippen MR) is 80.3 cm³/mol. The van der Waals surface area contributed by atoms with E-state index in [-0.39, 0.29) is 17.7 Å². The Labute approximate surface area is 127 Å². The molecule has 1 N–H and O–H groups in total. The Bertz CT molecular complexity index is 698. The van der Waals surface area contributed by atoms with E-state index in [1.165, 1.54) is 19.2 Å². The molecular formula is C17H15FN2O2. The largest absolute Gasteiger partial charge is 0.467 e. The van der Waals surface area contributed by atoms with E-state index in [0.717, 1.165) is 16.7 Å². The fraction of sp³-hybridized carbons (Fsp3) is 0.176. The van der Waals surface area contributed by atoms with Crippen LogP contribution in [0.1, 0.15) is 17.0 Å². The van der Waals surface area contributed by atoms with Crippen LogP contribution < -0.4 is 5.32 Å².